The number of nitrogens with zero attached hydrogens (tertiary/aromatic N) is 1. The highest BCUT2D eigenvalue weighted by Gasteiger charge is 2.28. The maximum absolute atomic E-state index is 12.6. The number of carbonyl (C=O) groups is 1. The number of likely N-dealkylation sites (tertiary alicyclic amines) is 1. The zero-order valence-electron chi connectivity index (χ0n) is 12.2. The largest absolute Gasteiger partial charge is 0.390 e. The monoisotopic (exact) mass is 293 g/mol. The van der Waals surface area contributed by atoms with Gasteiger partial charge in [-0.15, -0.1) is 11.3 Å². The van der Waals surface area contributed by atoms with Gasteiger partial charge in [0.2, 0.25) is 0 Å². The van der Waals surface area contributed by atoms with Crippen LogP contribution in [0, 0.1) is 0 Å². The third-order valence-corrected chi connectivity index (χ3v) is 5.78. The molecule has 1 saturated heterocycles. The van der Waals surface area contributed by atoms with Gasteiger partial charge in [-0.3, -0.25) is 4.79 Å². The minimum Gasteiger partial charge on any atom is -0.390 e. The first-order chi connectivity index (χ1) is 9.55. The molecule has 0 spiro atoms. The molecule has 1 fully saturated rings. The molecule has 4 heteroatoms. The van der Waals surface area contributed by atoms with Crippen LogP contribution in [0.4, 0.5) is 0 Å². The zero-order chi connectivity index (χ0) is 14.2. The molecule has 3 rings (SSSR count). The minimum atomic E-state index is -0.607. The molecule has 110 valence electrons. The van der Waals surface area contributed by atoms with Crippen LogP contribution in [0.15, 0.2) is 6.07 Å². The fourth-order valence-electron chi connectivity index (χ4n) is 3.22. The first kappa shape index (κ1) is 14.1. The van der Waals surface area contributed by atoms with Crippen molar-refractivity contribution in [3.63, 3.8) is 0 Å². The fourth-order valence-corrected chi connectivity index (χ4v) is 4.44. The van der Waals surface area contributed by atoms with Crippen molar-refractivity contribution in [2.45, 2.75) is 57.5 Å². The average Bonchev–Trinajstić information content (AvgIpc) is 2.77. The van der Waals surface area contributed by atoms with Crippen molar-refractivity contribution in [2.75, 3.05) is 13.1 Å². The van der Waals surface area contributed by atoms with Crippen molar-refractivity contribution in [3.05, 3.63) is 21.4 Å². The quantitative estimate of drug-likeness (QED) is 0.864. The second kappa shape index (κ2) is 5.49. The molecule has 1 amide bonds. The van der Waals surface area contributed by atoms with Gasteiger partial charge in [-0.2, -0.15) is 0 Å². The van der Waals surface area contributed by atoms with Crippen LogP contribution in [0.3, 0.4) is 0 Å². The molecule has 1 aliphatic heterocycles. The van der Waals surface area contributed by atoms with Crippen LogP contribution in [-0.2, 0) is 12.8 Å². The van der Waals surface area contributed by atoms with Gasteiger partial charge in [-0.05, 0) is 63.5 Å². The van der Waals surface area contributed by atoms with E-state index in [1.807, 2.05) is 11.8 Å². The number of hydrogen-bond donors (Lipinski definition) is 1. The summed E-state index contributed by atoms with van der Waals surface area (Å²) >= 11 is 1.69. The van der Waals surface area contributed by atoms with E-state index in [2.05, 4.69) is 6.07 Å². The Bertz CT molecular complexity index is 483. The zero-order valence-corrected chi connectivity index (χ0v) is 13.0. The van der Waals surface area contributed by atoms with E-state index in [-0.39, 0.29) is 5.91 Å². The Morgan fingerprint density at radius 2 is 2.05 bits per heavy atom. The number of aryl methyl sites for hydroxylation is 2. The molecule has 1 aromatic heterocycles. The lowest BCUT2D eigenvalue weighted by Gasteiger charge is -2.22. The molecule has 2 heterocycles. The number of carbonyl (C=O) groups excluding carboxylic acids is 1. The molecule has 1 aliphatic carbocycles. The van der Waals surface area contributed by atoms with Crippen LogP contribution in [0.2, 0.25) is 0 Å². The molecular formula is C16H23NO2S. The molecule has 0 saturated carbocycles. The second-order valence-corrected chi connectivity index (χ2v) is 7.55. The van der Waals surface area contributed by atoms with Gasteiger partial charge in [0, 0.05) is 18.0 Å². The van der Waals surface area contributed by atoms with Gasteiger partial charge in [0.15, 0.2) is 0 Å². The van der Waals surface area contributed by atoms with Crippen LogP contribution >= 0.6 is 11.3 Å². The summed E-state index contributed by atoms with van der Waals surface area (Å²) in [5.41, 5.74) is 0.787. The van der Waals surface area contributed by atoms with Crippen LogP contribution in [-0.4, -0.2) is 34.6 Å². The van der Waals surface area contributed by atoms with Gasteiger partial charge in [0.25, 0.3) is 5.91 Å². The lowest BCUT2D eigenvalue weighted by Crippen LogP contribution is -2.33. The number of fused-ring (bicyclic) bond motifs is 1. The van der Waals surface area contributed by atoms with Gasteiger partial charge in [0.1, 0.15) is 0 Å². The lowest BCUT2D eigenvalue weighted by molar-refractivity contribution is 0.0438. The average molecular weight is 293 g/mol. The molecule has 0 bridgehead atoms. The highest BCUT2D eigenvalue weighted by Crippen LogP contribution is 2.31. The van der Waals surface area contributed by atoms with Crippen LogP contribution in [0.25, 0.3) is 0 Å². The van der Waals surface area contributed by atoms with E-state index in [4.69, 9.17) is 0 Å². The number of hydrogen-bond acceptors (Lipinski definition) is 3. The molecule has 1 unspecified atom stereocenters. The summed E-state index contributed by atoms with van der Waals surface area (Å²) in [6.45, 7) is 3.33. The molecule has 0 radical (unpaired) electrons. The Kier molecular flexibility index (Phi) is 3.87. The first-order valence-electron chi connectivity index (χ1n) is 7.68. The Hall–Kier alpha value is -0.870. The predicted octanol–water partition coefficient (Wildman–Crippen LogP) is 3.00. The van der Waals surface area contributed by atoms with Crippen LogP contribution in [0.5, 0.6) is 0 Å². The normalized spacial score (nSPS) is 27.0. The summed E-state index contributed by atoms with van der Waals surface area (Å²) in [6, 6.07) is 2.12. The number of rotatable bonds is 1. The van der Waals surface area contributed by atoms with E-state index < -0.39 is 5.60 Å². The number of thiophene rings is 1. The third-order valence-electron chi connectivity index (χ3n) is 4.56. The second-order valence-electron chi connectivity index (χ2n) is 6.41. The van der Waals surface area contributed by atoms with Gasteiger partial charge in [0.05, 0.1) is 10.5 Å². The van der Waals surface area contributed by atoms with Crippen molar-refractivity contribution in [3.8, 4) is 0 Å². The molecule has 0 aromatic carbocycles. The summed E-state index contributed by atoms with van der Waals surface area (Å²) in [7, 11) is 0. The number of amides is 1. The number of aliphatic hydroxyl groups is 1. The molecule has 3 nitrogen and oxygen atoms in total. The third kappa shape index (κ3) is 2.91. The standard InChI is InChI=1S/C16H23NO2S/c1-16(19)7-4-9-17(10-8-16)15(18)14-11-12-5-2-3-6-13(12)20-14/h11,19H,2-10H2,1H3. The van der Waals surface area contributed by atoms with E-state index in [0.717, 1.165) is 37.1 Å². The Labute approximate surface area is 124 Å². The van der Waals surface area contributed by atoms with E-state index in [0.29, 0.717) is 13.0 Å². The van der Waals surface area contributed by atoms with Gasteiger partial charge in [-0.1, -0.05) is 0 Å². The summed E-state index contributed by atoms with van der Waals surface area (Å²) in [6.07, 6.45) is 7.15. The van der Waals surface area contributed by atoms with Gasteiger partial charge >= 0.3 is 0 Å². The highest BCUT2D eigenvalue weighted by molar-refractivity contribution is 7.14. The first-order valence-corrected chi connectivity index (χ1v) is 8.50. The Morgan fingerprint density at radius 1 is 1.25 bits per heavy atom. The molecule has 1 N–H and O–H groups in total. The molecule has 20 heavy (non-hydrogen) atoms. The van der Waals surface area contributed by atoms with E-state index in [1.54, 1.807) is 11.3 Å². The van der Waals surface area contributed by atoms with E-state index in [1.165, 1.54) is 23.3 Å². The Balaban J connectivity index is 1.73. The van der Waals surface area contributed by atoms with Crippen molar-refractivity contribution in [2.24, 2.45) is 0 Å². The fraction of sp³-hybridized carbons (Fsp3) is 0.688. The van der Waals surface area contributed by atoms with Crippen molar-refractivity contribution < 1.29 is 9.90 Å². The molecular weight excluding hydrogens is 270 g/mol. The van der Waals surface area contributed by atoms with E-state index in [9.17, 15) is 9.90 Å². The van der Waals surface area contributed by atoms with Gasteiger partial charge < -0.3 is 10.0 Å². The van der Waals surface area contributed by atoms with Gasteiger partial charge in [-0.25, -0.2) is 0 Å². The van der Waals surface area contributed by atoms with Crippen LogP contribution < -0.4 is 0 Å². The minimum absolute atomic E-state index is 0.169. The van der Waals surface area contributed by atoms with Crippen molar-refractivity contribution in [1.82, 2.24) is 4.90 Å². The Morgan fingerprint density at radius 3 is 2.85 bits per heavy atom. The van der Waals surface area contributed by atoms with Crippen molar-refractivity contribution in [1.29, 1.82) is 0 Å². The van der Waals surface area contributed by atoms with Crippen LogP contribution in [0.1, 0.15) is 59.1 Å². The van der Waals surface area contributed by atoms with E-state index >= 15 is 0 Å². The summed E-state index contributed by atoms with van der Waals surface area (Å²) in [5, 5.41) is 10.1. The van der Waals surface area contributed by atoms with Crippen molar-refractivity contribution >= 4 is 17.2 Å². The lowest BCUT2D eigenvalue weighted by atomic mass is 9.98. The molecule has 1 aromatic rings. The molecule has 2 aliphatic rings. The summed E-state index contributed by atoms with van der Waals surface area (Å²) < 4.78 is 0. The maximum Gasteiger partial charge on any atom is 0.263 e. The topological polar surface area (TPSA) is 40.5 Å². The maximum atomic E-state index is 12.6. The smallest absolute Gasteiger partial charge is 0.263 e. The summed E-state index contributed by atoms with van der Waals surface area (Å²) in [5.74, 6) is 0.169. The predicted molar refractivity (Wildman–Crippen MR) is 81.3 cm³/mol. The summed E-state index contributed by atoms with van der Waals surface area (Å²) in [4.78, 5) is 16.9. The SMILES string of the molecule is CC1(O)CCCN(C(=O)c2cc3c(s2)CCCC3)CC1. The molecule has 1 atom stereocenters. The highest BCUT2D eigenvalue weighted by atomic mass is 32.1.